The first-order chi connectivity index (χ1) is 11.3. The smallest absolute Gasteiger partial charge is 0.406 e. The lowest BCUT2D eigenvalue weighted by molar-refractivity contribution is -0.274. The van der Waals surface area contributed by atoms with Crippen molar-refractivity contribution >= 4 is 18.3 Å². The molecule has 1 aromatic carbocycles. The van der Waals surface area contributed by atoms with Crippen LogP contribution >= 0.6 is 12.4 Å². The average Bonchev–Trinajstić information content (AvgIpc) is 2.54. The monoisotopic (exact) mass is 382 g/mol. The molecule has 0 radical (unpaired) electrons. The highest BCUT2D eigenvalue weighted by molar-refractivity contribution is 5.85. The maximum atomic E-state index is 12.4. The van der Waals surface area contributed by atoms with Crippen molar-refractivity contribution in [1.82, 2.24) is 4.90 Å². The van der Waals surface area contributed by atoms with Crippen molar-refractivity contribution in [3.05, 3.63) is 29.8 Å². The predicted molar refractivity (Wildman–Crippen MR) is 88.4 cm³/mol. The van der Waals surface area contributed by atoms with E-state index in [-0.39, 0.29) is 36.5 Å². The Labute approximate surface area is 150 Å². The molecular weight excluding hydrogens is 361 g/mol. The van der Waals surface area contributed by atoms with Gasteiger partial charge in [-0.1, -0.05) is 12.1 Å². The minimum atomic E-state index is -4.72. The number of rotatable bonds is 5. The molecule has 0 aromatic heterocycles. The van der Waals surface area contributed by atoms with Gasteiger partial charge in [-0.25, -0.2) is 0 Å². The van der Waals surface area contributed by atoms with E-state index in [1.54, 1.807) is 7.05 Å². The van der Waals surface area contributed by atoms with Gasteiger partial charge in [0.2, 0.25) is 5.91 Å². The Hall–Kier alpha value is -1.51. The highest BCUT2D eigenvalue weighted by Crippen LogP contribution is 2.23. The Bertz CT molecular complexity index is 549. The summed E-state index contributed by atoms with van der Waals surface area (Å²) in [5.74, 6) is -0.382. The van der Waals surface area contributed by atoms with E-state index < -0.39 is 12.4 Å². The maximum absolute atomic E-state index is 12.4. The third-order valence-electron chi connectivity index (χ3n) is 4.01. The van der Waals surface area contributed by atoms with Crippen LogP contribution in [0.25, 0.3) is 0 Å². The minimum absolute atomic E-state index is 0. The summed E-state index contributed by atoms with van der Waals surface area (Å²) < 4.78 is 45.5. The number of ether oxygens (including phenoxy) is 2. The van der Waals surface area contributed by atoms with Crippen LogP contribution in [0.2, 0.25) is 0 Å². The summed E-state index contributed by atoms with van der Waals surface area (Å²) in [6.07, 6.45) is -3.21. The van der Waals surface area contributed by atoms with Crippen LogP contribution in [0.3, 0.4) is 0 Å². The topological polar surface area (TPSA) is 64.8 Å². The standard InChI is InChI=1S/C16H21F3N2O3.ClH/c1-21(15(22)14(20)12-6-8-23-9-7-12)10-11-2-4-13(5-3-11)24-16(17,18)19;/h2-5,12,14H,6-10,20H2,1H3;1H. The molecule has 0 aliphatic carbocycles. The normalized spacial score (nSPS) is 16.7. The number of nitrogens with two attached hydrogens (primary N) is 1. The summed E-state index contributed by atoms with van der Waals surface area (Å²) in [4.78, 5) is 13.9. The summed E-state index contributed by atoms with van der Waals surface area (Å²) in [5.41, 5.74) is 6.74. The second-order valence-corrected chi connectivity index (χ2v) is 5.86. The van der Waals surface area contributed by atoms with Crippen molar-refractivity contribution in [2.45, 2.75) is 31.8 Å². The van der Waals surface area contributed by atoms with E-state index in [0.717, 1.165) is 12.8 Å². The highest BCUT2D eigenvalue weighted by atomic mass is 35.5. The Morgan fingerprint density at radius 3 is 2.40 bits per heavy atom. The molecule has 2 N–H and O–H groups in total. The molecule has 1 atom stereocenters. The summed E-state index contributed by atoms with van der Waals surface area (Å²) in [5, 5.41) is 0. The number of hydrogen-bond acceptors (Lipinski definition) is 4. The average molecular weight is 383 g/mol. The quantitative estimate of drug-likeness (QED) is 0.850. The molecule has 1 amide bonds. The molecule has 142 valence electrons. The zero-order valence-electron chi connectivity index (χ0n) is 13.8. The number of carbonyl (C=O) groups excluding carboxylic acids is 1. The van der Waals surface area contributed by atoms with E-state index in [2.05, 4.69) is 4.74 Å². The molecule has 1 aliphatic heterocycles. The first kappa shape index (κ1) is 21.5. The first-order valence-corrected chi connectivity index (χ1v) is 7.69. The van der Waals surface area contributed by atoms with Gasteiger partial charge in [-0.2, -0.15) is 0 Å². The predicted octanol–water partition coefficient (Wildman–Crippen LogP) is 2.72. The number of alkyl halides is 3. The molecule has 9 heteroatoms. The lowest BCUT2D eigenvalue weighted by Gasteiger charge is -2.29. The molecule has 1 saturated heterocycles. The van der Waals surface area contributed by atoms with Crippen molar-refractivity contribution in [1.29, 1.82) is 0 Å². The minimum Gasteiger partial charge on any atom is -0.406 e. The number of hydrogen-bond donors (Lipinski definition) is 1. The number of halogens is 4. The number of likely N-dealkylation sites (N-methyl/N-ethyl adjacent to an activating group) is 1. The second-order valence-electron chi connectivity index (χ2n) is 5.86. The summed E-state index contributed by atoms with van der Waals surface area (Å²) in [6, 6.07) is 4.83. The molecule has 25 heavy (non-hydrogen) atoms. The van der Waals surface area contributed by atoms with Crippen LogP contribution < -0.4 is 10.5 Å². The Balaban J connectivity index is 0.00000312. The van der Waals surface area contributed by atoms with E-state index in [1.165, 1.54) is 29.2 Å². The SMILES string of the molecule is CN(Cc1ccc(OC(F)(F)F)cc1)C(=O)C(N)C1CCOCC1.Cl. The van der Waals surface area contributed by atoms with Gasteiger partial charge in [-0.3, -0.25) is 4.79 Å². The third-order valence-corrected chi connectivity index (χ3v) is 4.01. The zero-order valence-corrected chi connectivity index (χ0v) is 14.6. The lowest BCUT2D eigenvalue weighted by Crippen LogP contribution is -2.47. The van der Waals surface area contributed by atoms with Gasteiger partial charge in [0, 0.05) is 26.8 Å². The molecule has 0 spiro atoms. The second kappa shape index (κ2) is 9.26. The fourth-order valence-electron chi connectivity index (χ4n) is 2.68. The van der Waals surface area contributed by atoms with Crippen LogP contribution in [0.1, 0.15) is 18.4 Å². The van der Waals surface area contributed by atoms with Gasteiger partial charge in [0.15, 0.2) is 0 Å². The van der Waals surface area contributed by atoms with E-state index in [4.69, 9.17) is 10.5 Å². The number of carbonyl (C=O) groups is 1. The van der Waals surface area contributed by atoms with Crippen molar-refractivity contribution in [2.24, 2.45) is 11.7 Å². The lowest BCUT2D eigenvalue weighted by atomic mass is 9.91. The molecule has 1 aliphatic rings. The summed E-state index contributed by atoms with van der Waals surface area (Å²) >= 11 is 0. The Kier molecular flexibility index (Phi) is 7.98. The van der Waals surface area contributed by atoms with Crippen molar-refractivity contribution in [3.63, 3.8) is 0 Å². The Morgan fingerprint density at radius 2 is 1.88 bits per heavy atom. The van der Waals surface area contributed by atoms with Crippen LogP contribution in [-0.2, 0) is 16.1 Å². The summed E-state index contributed by atoms with van der Waals surface area (Å²) in [7, 11) is 1.63. The largest absolute Gasteiger partial charge is 0.573 e. The molecule has 1 unspecified atom stereocenters. The number of nitrogens with zero attached hydrogens (tertiary/aromatic N) is 1. The van der Waals surface area contributed by atoms with Gasteiger partial charge in [-0.15, -0.1) is 25.6 Å². The highest BCUT2D eigenvalue weighted by Gasteiger charge is 2.31. The van der Waals surface area contributed by atoms with Crippen LogP contribution in [0.15, 0.2) is 24.3 Å². The van der Waals surface area contributed by atoms with Gasteiger partial charge < -0.3 is 20.1 Å². The van der Waals surface area contributed by atoms with Crippen LogP contribution in [0.4, 0.5) is 13.2 Å². The van der Waals surface area contributed by atoms with E-state index in [1.807, 2.05) is 0 Å². The van der Waals surface area contributed by atoms with Crippen LogP contribution in [0, 0.1) is 5.92 Å². The molecule has 1 fully saturated rings. The molecule has 0 saturated carbocycles. The van der Waals surface area contributed by atoms with Crippen molar-refractivity contribution < 1.29 is 27.4 Å². The van der Waals surface area contributed by atoms with Gasteiger partial charge in [0.05, 0.1) is 6.04 Å². The molecule has 5 nitrogen and oxygen atoms in total. The maximum Gasteiger partial charge on any atom is 0.573 e. The van der Waals surface area contributed by atoms with E-state index in [9.17, 15) is 18.0 Å². The Morgan fingerprint density at radius 1 is 1.32 bits per heavy atom. The van der Waals surface area contributed by atoms with Gasteiger partial charge >= 0.3 is 6.36 Å². The van der Waals surface area contributed by atoms with Gasteiger partial charge in [0.1, 0.15) is 5.75 Å². The van der Waals surface area contributed by atoms with Crippen molar-refractivity contribution in [2.75, 3.05) is 20.3 Å². The van der Waals surface area contributed by atoms with E-state index in [0.29, 0.717) is 18.8 Å². The van der Waals surface area contributed by atoms with Crippen molar-refractivity contribution in [3.8, 4) is 5.75 Å². The third kappa shape index (κ3) is 6.72. The van der Waals surface area contributed by atoms with Gasteiger partial charge in [-0.05, 0) is 36.5 Å². The number of amides is 1. The molecule has 0 bridgehead atoms. The van der Waals surface area contributed by atoms with Crippen LogP contribution in [0.5, 0.6) is 5.75 Å². The number of benzene rings is 1. The molecule has 1 heterocycles. The molecule has 2 rings (SSSR count). The zero-order chi connectivity index (χ0) is 17.7. The fraction of sp³-hybridized carbons (Fsp3) is 0.562. The van der Waals surface area contributed by atoms with E-state index >= 15 is 0 Å². The fourth-order valence-corrected chi connectivity index (χ4v) is 2.68. The first-order valence-electron chi connectivity index (χ1n) is 7.69. The molecule has 1 aromatic rings. The summed E-state index contributed by atoms with van der Waals surface area (Å²) in [6.45, 7) is 1.48. The van der Waals surface area contributed by atoms with Gasteiger partial charge in [0.25, 0.3) is 0 Å². The molecular formula is C16H22ClF3N2O3. The van der Waals surface area contributed by atoms with Crippen LogP contribution in [-0.4, -0.2) is 43.5 Å².